The molecule has 25 heavy (non-hydrogen) atoms. The number of aryl methyl sites for hydroxylation is 1. The Hall–Kier alpha value is -3.14. The van der Waals surface area contributed by atoms with E-state index in [1.807, 2.05) is 36.4 Å². The monoisotopic (exact) mass is 329 g/mol. The fourth-order valence-electron chi connectivity index (χ4n) is 3.14. The van der Waals surface area contributed by atoms with Gasteiger partial charge in [0.25, 0.3) is 5.91 Å². The van der Waals surface area contributed by atoms with E-state index in [1.165, 1.54) is 11.1 Å². The van der Waals surface area contributed by atoms with E-state index in [-0.39, 0.29) is 5.91 Å². The molecule has 124 valence electrons. The van der Waals surface area contributed by atoms with Crippen LogP contribution >= 0.6 is 0 Å². The Bertz CT molecular complexity index is 1070. The Morgan fingerprint density at radius 2 is 1.96 bits per heavy atom. The molecule has 4 heteroatoms. The molecular formula is C21H19N3O. The Kier molecular flexibility index (Phi) is 3.94. The van der Waals surface area contributed by atoms with E-state index in [9.17, 15) is 4.79 Å². The number of hydrogen-bond acceptors (Lipinski definition) is 2. The van der Waals surface area contributed by atoms with Gasteiger partial charge in [0.15, 0.2) is 0 Å². The fourth-order valence-corrected chi connectivity index (χ4v) is 3.14. The van der Waals surface area contributed by atoms with Gasteiger partial charge >= 0.3 is 0 Å². The summed E-state index contributed by atoms with van der Waals surface area (Å²) in [5.74, 6) is -0.0899. The van der Waals surface area contributed by atoms with Crippen molar-refractivity contribution in [1.82, 2.24) is 15.3 Å². The smallest absolute Gasteiger partial charge is 0.267 e. The molecule has 2 aromatic heterocycles. The number of nitrogens with zero attached hydrogens (tertiary/aromatic N) is 1. The molecule has 2 heterocycles. The standard InChI is InChI=1S/C21H19N3O/c1-14-4-2-5-15(12-14)9-11-23-21(25)18-13-17-8-7-16-6-3-10-22-19(16)20(17)24-18/h2-8,10,12-13,24H,9,11H2,1H3,(H,23,25). The summed E-state index contributed by atoms with van der Waals surface area (Å²) in [6.07, 6.45) is 2.59. The minimum atomic E-state index is -0.0899. The van der Waals surface area contributed by atoms with Gasteiger partial charge in [0.2, 0.25) is 0 Å². The molecule has 0 saturated carbocycles. The molecule has 0 aliphatic rings. The van der Waals surface area contributed by atoms with Gasteiger partial charge in [0.05, 0.1) is 11.0 Å². The van der Waals surface area contributed by atoms with Gasteiger partial charge in [0.1, 0.15) is 5.69 Å². The number of aromatic amines is 1. The predicted octanol–water partition coefficient (Wildman–Crippen LogP) is 4.00. The molecule has 0 atom stereocenters. The second kappa shape index (κ2) is 6.40. The predicted molar refractivity (Wildman–Crippen MR) is 101 cm³/mol. The third-order valence-electron chi connectivity index (χ3n) is 4.39. The van der Waals surface area contributed by atoms with Gasteiger partial charge in [-0.15, -0.1) is 0 Å². The van der Waals surface area contributed by atoms with Gasteiger partial charge in [-0.05, 0) is 31.0 Å². The summed E-state index contributed by atoms with van der Waals surface area (Å²) >= 11 is 0. The first-order valence-electron chi connectivity index (χ1n) is 8.41. The molecule has 0 spiro atoms. The van der Waals surface area contributed by atoms with Gasteiger partial charge in [-0.3, -0.25) is 9.78 Å². The molecule has 4 nitrogen and oxygen atoms in total. The van der Waals surface area contributed by atoms with E-state index in [0.29, 0.717) is 12.2 Å². The maximum absolute atomic E-state index is 12.4. The zero-order valence-electron chi connectivity index (χ0n) is 14.0. The number of H-pyrrole nitrogens is 1. The Morgan fingerprint density at radius 1 is 1.08 bits per heavy atom. The summed E-state index contributed by atoms with van der Waals surface area (Å²) in [5.41, 5.74) is 4.82. The molecule has 2 aromatic carbocycles. The summed E-state index contributed by atoms with van der Waals surface area (Å²) in [4.78, 5) is 20.1. The second-order valence-electron chi connectivity index (χ2n) is 6.28. The van der Waals surface area contributed by atoms with Crippen LogP contribution in [0.2, 0.25) is 0 Å². The fraction of sp³-hybridized carbons (Fsp3) is 0.143. The van der Waals surface area contributed by atoms with Crippen LogP contribution in [0.3, 0.4) is 0 Å². The first-order chi connectivity index (χ1) is 12.2. The van der Waals surface area contributed by atoms with Crippen LogP contribution in [0.5, 0.6) is 0 Å². The number of amides is 1. The van der Waals surface area contributed by atoms with Crippen LogP contribution in [0.25, 0.3) is 21.8 Å². The zero-order chi connectivity index (χ0) is 17.2. The topological polar surface area (TPSA) is 57.8 Å². The molecule has 0 radical (unpaired) electrons. The highest BCUT2D eigenvalue weighted by Gasteiger charge is 2.11. The van der Waals surface area contributed by atoms with E-state index in [0.717, 1.165) is 28.2 Å². The average molecular weight is 329 g/mol. The number of carbonyl (C=O) groups excluding carboxylic acids is 1. The highest BCUT2D eigenvalue weighted by molar-refractivity contribution is 6.07. The summed E-state index contributed by atoms with van der Waals surface area (Å²) in [6, 6.07) is 18.2. The van der Waals surface area contributed by atoms with Gasteiger partial charge < -0.3 is 10.3 Å². The van der Waals surface area contributed by atoms with E-state index in [1.54, 1.807) is 6.20 Å². The maximum atomic E-state index is 12.4. The third kappa shape index (κ3) is 3.11. The number of benzene rings is 2. The first kappa shape index (κ1) is 15.4. The minimum Gasteiger partial charge on any atom is -0.350 e. The van der Waals surface area contributed by atoms with Crippen LogP contribution in [-0.4, -0.2) is 22.4 Å². The number of aromatic nitrogens is 2. The lowest BCUT2D eigenvalue weighted by Gasteiger charge is -2.05. The quantitative estimate of drug-likeness (QED) is 0.594. The van der Waals surface area contributed by atoms with E-state index < -0.39 is 0 Å². The average Bonchev–Trinajstić information content (AvgIpc) is 3.07. The lowest BCUT2D eigenvalue weighted by Crippen LogP contribution is -2.25. The van der Waals surface area contributed by atoms with E-state index in [2.05, 4.69) is 40.4 Å². The summed E-state index contributed by atoms with van der Waals surface area (Å²) in [6.45, 7) is 2.68. The molecule has 4 aromatic rings. The molecule has 0 fully saturated rings. The van der Waals surface area contributed by atoms with Crippen LogP contribution in [-0.2, 0) is 6.42 Å². The van der Waals surface area contributed by atoms with Crippen molar-refractivity contribution >= 4 is 27.7 Å². The Balaban J connectivity index is 1.51. The lowest BCUT2D eigenvalue weighted by atomic mass is 10.1. The summed E-state index contributed by atoms with van der Waals surface area (Å²) < 4.78 is 0. The van der Waals surface area contributed by atoms with Gasteiger partial charge in [0, 0.05) is 23.5 Å². The molecule has 1 amide bonds. The Morgan fingerprint density at radius 3 is 2.84 bits per heavy atom. The normalized spacial score (nSPS) is 11.1. The summed E-state index contributed by atoms with van der Waals surface area (Å²) in [5, 5.41) is 5.04. The molecule has 0 unspecified atom stereocenters. The largest absolute Gasteiger partial charge is 0.350 e. The molecular weight excluding hydrogens is 310 g/mol. The Labute approximate surface area is 145 Å². The van der Waals surface area contributed by atoms with Gasteiger partial charge in [-0.2, -0.15) is 0 Å². The lowest BCUT2D eigenvalue weighted by molar-refractivity contribution is 0.0950. The number of hydrogen-bond donors (Lipinski definition) is 2. The van der Waals surface area contributed by atoms with E-state index >= 15 is 0 Å². The number of pyridine rings is 1. The third-order valence-corrected chi connectivity index (χ3v) is 4.39. The van der Waals surface area contributed by atoms with Crippen LogP contribution < -0.4 is 5.32 Å². The first-order valence-corrected chi connectivity index (χ1v) is 8.41. The van der Waals surface area contributed by atoms with Crippen molar-refractivity contribution in [3.8, 4) is 0 Å². The van der Waals surface area contributed by atoms with Crippen LogP contribution in [0.1, 0.15) is 21.6 Å². The maximum Gasteiger partial charge on any atom is 0.267 e. The van der Waals surface area contributed by atoms with Gasteiger partial charge in [-0.1, -0.05) is 48.0 Å². The van der Waals surface area contributed by atoms with Crippen molar-refractivity contribution in [1.29, 1.82) is 0 Å². The number of rotatable bonds is 4. The van der Waals surface area contributed by atoms with Gasteiger partial charge in [-0.25, -0.2) is 0 Å². The molecule has 0 bridgehead atoms. The molecule has 0 aliphatic heterocycles. The second-order valence-corrected chi connectivity index (χ2v) is 6.28. The van der Waals surface area contributed by atoms with Crippen molar-refractivity contribution in [2.75, 3.05) is 6.54 Å². The highest BCUT2D eigenvalue weighted by Crippen LogP contribution is 2.23. The number of fused-ring (bicyclic) bond motifs is 3. The van der Waals surface area contributed by atoms with Crippen molar-refractivity contribution in [3.63, 3.8) is 0 Å². The molecule has 4 rings (SSSR count). The van der Waals surface area contributed by atoms with Crippen molar-refractivity contribution in [2.45, 2.75) is 13.3 Å². The minimum absolute atomic E-state index is 0.0899. The zero-order valence-corrected chi connectivity index (χ0v) is 14.0. The van der Waals surface area contributed by atoms with Crippen molar-refractivity contribution in [2.24, 2.45) is 0 Å². The molecule has 0 saturated heterocycles. The van der Waals surface area contributed by atoms with Crippen molar-refractivity contribution in [3.05, 3.63) is 77.6 Å². The molecule has 0 aliphatic carbocycles. The van der Waals surface area contributed by atoms with Crippen LogP contribution in [0, 0.1) is 6.92 Å². The SMILES string of the molecule is Cc1cccc(CCNC(=O)c2cc3ccc4cccnc4c3[nH]2)c1. The van der Waals surface area contributed by atoms with E-state index in [4.69, 9.17) is 0 Å². The number of carbonyl (C=O) groups is 1. The van der Waals surface area contributed by atoms with Crippen LogP contribution in [0.15, 0.2) is 60.8 Å². The summed E-state index contributed by atoms with van der Waals surface area (Å²) in [7, 11) is 0. The molecule has 2 N–H and O–H groups in total. The highest BCUT2D eigenvalue weighted by atomic mass is 16.1. The van der Waals surface area contributed by atoms with Crippen molar-refractivity contribution < 1.29 is 4.79 Å². The van der Waals surface area contributed by atoms with Crippen LogP contribution in [0.4, 0.5) is 0 Å². The number of nitrogens with one attached hydrogen (secondary N) is 2.